The van der Waals surface area contributed by atoms with E-state index in [1.807, 2.05) is 25.3 Å². The molecule has 0 saturated carbocycles. The second-order valence-corrected chi connectivity index (χ2v) is 3.75. The zero-order chi connectivity index (χ0) is 11.5. The molecule has 16 heavy (non-hydrogen) atoms. The molecule has 0 aliphatic carbocycles. The highest BCUT2D eigenvalue weighted by Gasteiger charge is 2.07. The lowest BCUT2D eigenvalue weighted by atomic mass is 10.1. The van der Waals surface area contributed by atoms with E-state index in [-0.39, 0.29) is 12.4 Å². The normalized spacial score (nSPS) is 10.7. The van der Waals surface area contributed by atoms with Crippen molar-refractivity contribution in [2.75, 3.05) is 0 Å². The molecule has 84 valence electrons. The van der Waals surface area contributed by atoms with Crippen LogP contribution in [0.4, 0.5) is 4.39 Å². The zero-order valence-corrected chi connectivity index (χ0v) is 9.15. The van der Waals surface area contributed by atoms with Gasteiger partial charge in [0.25, 0.3) is 0 Å². The second kappa shape index (κ2) is 4.45. The topological polar surface area (TPSA) is 43.8 Å². The molecule has 1 heterocycles. The van der Waals surface area contributed by atoms with Gasteiger partial charge in [-0.2, -0.15) is 5.10 Å². The predicted molar refractivity (Wildman–Crippen MR) is 60.4 cm³/mol. The number of aromatic nitrogens is 2. The number of nitrogens with two attached hydrogens (primary N) is 1. The molecule has 0 saturated heterocycles. The van der Waals surface area contributed by atoms with Crippen molar-refractivity contribution in [3.05, 3.63) is 53.1 Å². The molecule has 0 unspecified atom stereocenters. The Labute approximate surface area is 93.7 Å². The Balaban J connectivity index is 2.28. The van der Waals surface area contributed by atoms with E-state index in [1.165, 1.54) is 0 Å². The molecule has 0 aliphatic rings. The van der Waals surface area contributed by atoms with Gasteiger partial charge in [0.05, 0.1) is 12.2 Å². The van der Waals surface area contributed by atoms with Crippen molar-refractivity contribution in [2.24, 2.45) is 5.73 Å². The molecule has 0 fully saturated rings. The molecular weight excluding hydrogens is 205 g/mol. The molecule has 1 aromatic carbocycles. The minimum Gasteiger partial charge on any atom is -0.326 e. The summed E-state index contributed by atoms with van der Waals surface area (Å²) in [5.41, 5.74) is 7.54. The Morgan fingerprint density at radius 3 is 2.69 bits per heavy atom. The standard InChI is InChI=1S/C12H14FN3/c1-9-5-6-16(15-9)8-11-4-2-3-10(7-14)12(11)13/h2-6H,7-8,14H2,1H3. The third kappa shape index (κ3) is 2.12. The SMILES string of the molecule is Cc1ccn(Cc2cccc(CN)c2F)n1. The van der Waals surface area contributed by atoms with Gasteiger partial charge in [0, 0.05) is 23.9 Å². The van der Waals surface area contributed by atoms with Gasteiger partial charge >= 0.3 is 0 Å². The average molecular weight is 219 g/mol. The number of aryl methyl sites for hydroxylation is 1. The summed E-state index contributed by atoms with van der Waals surface area (Å²) < 4.78 is 15.6. The Morgan fingerprint density at radius 2 is 2.06 bits per heavy atom. The monoisotopic (exact) mass is 219 g/mol. The lowest BCUT2D eigenvalue weighted by Crippen LogP contribution is -2.07. The van der Waals surface area contributed by atoms with Crippen LogP contribution >= 0.6 is 0 Å². The van der Waals surface area contributed by atoms with Gasteiger partial charge in [0.15, 0.2) is 0 Å². The van der Waals surface area contributed by atoms with Crippen molar-refractivity contribution < 1.29 is 4.39 Å². The minimum atomic E-state index is -0.224. The van der Waals surface area contributed by atoms with Gasteiger partial charge in [-0.3, -0.25) is 4.68 Å². The first-order chi connectivity index (χ1) is 7.70. The first kappa shape index (κ1) is 10.8. The number of rotatable bonds is 3. The van der Waals surface area contributed by atoms with Gasteiger partial charge in [-0.1, -0.05) is 18.2 Å². The highest BCUT2D eigenvalue weighted by molar-refractivity contribution is 5.26. The maximum Gasteiger partial charge on any atom is 0.132 e. The van der Waals surface area contributed by atoms with Crippen molar-refractivity contribution in [1.82, 2.24) is 9.78 Å². The number of hydrogen-bond acceptors (Lipinski definition) is 2. The molecule has 0 bridgehead atoms. The molecule has 0 atom stereocenters. The maximum absolute atomic E-state index is 13.8. The molecule has 2 N–H and O–H groups in total. The largest absolute Gasteiger partial charge is 0.326 e. The molecule has 2 rings (SSSR count). The highest BCUT2D eigenvalue weighted by Crippen LogP contribution is 2.13. The smallest absolute Gasteiger partial charge is 0.132 e. The Bertz CT molecular complexity index is 491. The number of nitrogens with zero attached hydrogens (tertiary/aromatic N) is 2. The van der Waals surface area contributed by atoms with Crippen LogP contribution in [-0.2, 0) is 13.1 Å². The Kier molecular flexibility index (Phi) is 3.01. The van der Waals surface area contributed by atoms with Crippen LogP contribution in [-0.4, -0.2) is 9.78 Å². The third-order valence-corrected chi connectivity index (χ3v) is 2.48. The fraction of sp³-hybridized carbons (Fsp3) is 0.250. The van der Waals surface area contributed by atoms with Crippen LogP contribution in [0, 0.1) is 12.7 Å². The van der Waals surface area contributed by atoms with Crippen LogP contribution in [0.15, 0.2) is 30.5 Å². The molecular formula is C12H14FN3. The second-order valence-electron chi connectivity index (χ2n) is 3.75. The van der Waals surface area contributed by atoms with Crippen LogP contribution in [0.5, 0.6) is 0 Å². The molecule has 3 nitrogen and oxygen atoms in total. The van der Waals surface area contributed by atoms with Gasteiger partial charge in [-0.15, -0.1) is 0 Å². The molecule has 0 radical (unpaired) electrons. The van der Waals surface area contributed by atoms with Gasteiger partial charge in [0.1, 0.15) is 5.82 Å². The summed E-state index contributed by atoms with van der Waals surface area (Å²) in [5, 5.41) is 4.22. The summed E-state index contributed by atoms with van der Waals surface area (Å²) in [6.07, 6.45) is 1.84. The third-order valence-electron chi connectivity index (χ3n) is 2.48. The summed E-state index contributed by atoms with van der Waals surface area (Å²) in [4.78, 5) is 0. The van der Waals surface area contributed by atoms with Crippen LogP contribution in [0.1, 0.15) is 16.8 Å². The molecule has 2 aromatic rings. The molecule has 0 amide bonds. The molecule has 4 heteroatoms. The maximum atomic E-state index is 13.8. The van der Waals surface area contributed by atoms with Gasteiger partial charge in [0.2, 0.25) is 0 Å². The fourth-order valence-electron chi connectivity index (χ4n) is 1.64. The van der Waals surface area contributed by atoms with E-state index in [1.54, 1.807) is 16.8 Å². The Hall–Kier alpha value is -1.68. The van der Waals surface area contributed by atoms with E-state index in [0.717, 1.165) is 5.69 Å². The first-order valence-electron chi connectivity index (χ1n) is 5.17. The summed E-state index contributed by atoms with van der Waals surface area (Å²) in [6.45, 7) is 2.56. The van der Waals surface area contributed by atoms with Crippen LogP contribution < -0.4 is 5.73 Å². The molecule has 0 aliphatic heterocycles. The summed E-state index contributed by atoms with van der Waals surface area (Å²) in [7, 11) is 0. The summed E-state index contributed by atoms with van der Waals surface area (Å²) in [6, 6.07) is 7.17. The van der Waals surface area contributed by atoms with Crippen LogP contribution in [0.2, 0.25) is 0 Å². The molecule has 0 spiro atoms. The van der Waals surface area contributed by atoms with Crippen LogP contribution in [0.25, 0.3) is 0 Å². The zero-order valence-electron chi connectivity index (χ0n) is 9.15. The van der Waals surface area contributed by atoms with E-state index in [4.69, 9.17) is 5.73 Å². The average Bonchev–Trinajstić information content (AvgIpc) is 2.67. The van der Waals surface area contributed by atoms with E-state index in [0.29, 0.717) is 17.7 Å². The number of benzene rings is 1. The summed E-state index contributed by atoms with van der Waals surface area (Å²) >= 11 is 0. The van der Waals surface area contributed by atoms with Crippen molar-refractivity contribution in [2.45, 2.75) is 20.0 Å². The van der Waals surface area contributed by atoms with E-state index in [2.05, 4.69) is 5.10 Å². The van der Waals surface area contributed by atoms with E-state index >= 15 is 0 Å². The number of halogens is 1. The lowest BCUT2D eigenvalue weighted by Gasteiger charge is -2.06. The predicted octanol–water partition coefficient (Wildman–Crippen LogP) is 1.84. The highest BCUT2D eigenvalue weighted by atomic mass is 19.1. The van der Waals surface area contributed by atoms with Gasteiger partial charge in [-0.25, -0.2) is 4.39 Å². The first-order valence-corrected chi connectivity index (χ1v) is 5.17. The Morgan fingerprint density at radius 1 is 1.31 bits per heavy atom. The van der Waals surface area contributed by atoms with Crippen molar-refractivity contribution in [3.8, 4) is 0 Å². The van der Waals surface area contributed by atoms with Gasteiger partial charge < -0.3 is 5.73 Å². The fourth-order valence-corrected chi connectivity index (χ4v) is 1.64. The van der Waals surface area contributed by atoms with E-state index < -0.39 is 0 Å². The quantitative estimate of drug-likeness (QED) is 0.856. The summed E-state index contributed by atoms with van der Waals surface area (Å²) in [5.74, 6) is -0.224. The van der Waals surface area contributed by atoms with Crippen molar-refractivity contribution >= 4 is 0 Å². The van der Waals surface area contributed by atoms with Crippen molar-refractivity contribution in [3.63, 3.8) is 0 Å². The van der Waals surface area contributed by atoms with Crippen LogP contribution in [0.3, 0.4) is 0 Å². The van der Waals surface area contributed by atoms with Crippen molar-refractivity contribution in [1.29, 1.82) is 0 Å². The lowest BCUT2D eigenvalue weighted by molar-refractivity contribution is 0.571. The van der Waals surface area contributed by atoms with Gasteiger partial charge in [-0.05, 0) is 13.0 Å². The minimum absolute atomic E-state index is 0.220. The van der Waals surface area contributed by atoms with E-state index in [9.17, 15) is 4.39 Å². The molecule has 1 aromatic heterocycles. The number of hydrogen-bond donors (Lipinski definition) is 1.